The maximum Gasteiger partial charge on any atom is 1.00 e. The van der Waals surface area contributed by atoms with Crippen molar-refractivity contribution < 1.29 is 156 Å². The van der Waals surface area contributed by atoms with Crippen molar-refractivity contribution in [1.29, 1.82) is 0 Å². The SMILES string of the molecule is C[C@]12C=CC(=O)C=C1[C@@H](F)C[C@H]1[C@@H]3C[C@H]4CN(Cc5cccs5)O[C@@]4(C(=O)O)[C@@]3(C)C[C@H](O)[C@@]12F.C[C@]12C=CC(=O)C=C1[C@@H](F)C[C@H]1[C@@H]3C[C@H]4CN(Cc5cccs5)O[C@@]4(C(=O)OCF)[C@@]3(C)C[C@H](O)[C@@]12F.FCBr.O=CO[O-].[2H]CF.[H-].[Na+].[Na+]. The fraction of sp³-hybridized carbons (Fsp3) is 0.625. The number of rotatable bonds is 8. The number of nitrogens with zero attached hydrogens (tertiary/aromatic N) is 2. The van der Waals surface area contributed by atoms with Gasteiger partial charge in [-0.1, -0.05) is 54.1 Å². The summed E-state index contributed by atoms with van der Waals surface area (Å²) in [5.74, 6) is -6.58. The summed E-state index contributed by atoms with van der Waals surface area (Å²) in [6.07, 6.45) is 1.34. The van der Waals surface area contributed by atoms with Gasteiger partial charge in [0.05, 0.1) is 33.8 Å². The summed E-state index contributed by atoms with van der Waals surface area (Å²) in [5.41, 5.74) is -13.3. The van der Waals surface area contributed by atoms with Crippen molar-refractivity contribution in [3.05, 3.63) is 92.4 Å². The molecule has 15 nitrogen and oxygen atoms in total. The van der Waals surface area contributed by atoms with Gasteiger partial charge in [-0.15, -0.1) is 22.7 Å². The van der Waals surface area contributed by atoms with Crippen LogP contribution < -0.4 is 64.4 Å². The third kappa shape index (κ3) is 10.8. The zero-order valence-electron chi connectivity index (χ0n) is 48.6. The van der Waals surface area contributed by atoms with Crippen LogP contribution in [-0.2, 0) is 56.4 Å². The minimum Gasteiger partial charge on any atom is -1.00 e. The third-order valence-electron chi connectivity index (χ3n) is 20.0. The third-order valence-corrected chi connectivity index (χ3v) is 21.7. The number of aliphatic carboxylic acids is 1. The van der Waals surface area contributed by atoms with Gasteiger partial charge in [0.2, 0.25) is 6.86 Å². The number of hydrogen-bond acceptors (Lipinski definition) is 16. The summed E-state index contributed by atoms with van der Waals surface area (Å²) in [5, 5.41) is 49.1. The number of carboxylic acid groups (broad SMARTS) is 1. The Kier molecular flexibility index (Phi) is 21.8. The number of ether oxygens (including phenoxy) is 1. The minimum atomic E-state index is -2.26. The van der Waals surface area contributed by atoms with Crippen LogP contribution in [0.15, 0.2) is 82.6 Å². The molecule has 10 aliphatic rings. The van der Waals surface area contributed by atoms with Gasteiger partial charge in [-0.05, 0) is 123 Å². The first-order chi connectivity index (χ1) is 38.7. The van der Waals surface area contributed by atoms with E-state index in [1.165, 1.54) is 42.6 Å². The van der Waals surface area contributed by atoms with Crippen molar-refractivity contribution in [2.75, 3.05) is 32.7 Å². The average Bonchev–Trinajstić information content (AvgIpc) is 1.63. The smallest absolute Gasteiger partial charge is 1.00 e. The van der Waals surface area contributed by atoms with Crippen molar-refractivity contribution in [3.63, 3.8) is 0 Å². The molecule has 0 aromatic carbocycles. The van der Waals surface area contributed by atoms with E-state index in [4.69, 9.17) is 25.8 Å². The second-order valence-corrected chi connectivity index (χ2v) is 25.7. The number of halogens is 8. The number of fused-ring (bicyclic) bond motifs is 14. The van der Waals surface area contributed by atoms with E-state index in [0.29, 0.717) is 39.0 Å². The molecule has 0 unspecified atom stereocenters. The Hall–Kier alpha value is -2.18. The predicted octanol–water partition coefficient (Wildman–Crippen LogP) is 2.56. The first-order valence-corrected chi connectivity index (χ1v) is 29.1. The van der Waals surface area contributed by atoms with E-state index < -0.39 is 147 Å². The second kappa shape index (κ2) is 26.5. The minimum absolute atomic E-state index is 0. The zero-order chi connectivity index (χ0) is 60.2. The van der Waals surface area contributed by atoms with Gasteiger partial charge in [0.25, 0.3) is 6.47 Å². The van der Waals surface area contributed by atoms with Crippen molar-refractivity contribution in [1.82, 2.24) is 10.1 Å². The van der Waals surface area contributed by atoms with E-state index >= 15 is 17.6 Å². The van der Waals surface area contributed by atoms with Gasteiger partial charge >= 0.3 is 71.1 Å². The van der Waals surface area contributed by atoms with Crippen LogP contribution >= 0.6 is 38.6 Å². The number of carbonyl (C=O) groups excluding carboxylic acids is 4. The van der Waals surface area contributed by atoms with Gasteiger partial charge in [0.15, 0.2) is 34.1 Å². The topological polar surface area (TPSA) is 212 Å². The Morgan fingerprint density at radius 2 is 1.18 bits per heavy atom. The molecule has 8 fully saturated rings. The monoisotopic (exact) mass is 1300 g/mol. The van der Waals surface area contributed by atoms with Gasteiger partial charge in [0.1, 0.15) is 17.9 Å². The zero-order valence-corrected chi connectivity index (χ0v) is 53.8. The quantitative estimate of drug-likeness (QED) is 0.0660. The van der Waals surface area contributed by atoms with Crippen molar-refractivity contribution in [3.8, 4) is 0 Å². The molecule has 6 saturated carbocycles. The molecule has 0 radical (unpaired) electrons. The van der Waals surface area contributed by atoms with E-state index in [1.54, 1.807) is 42.2 Å². The molecule has 8 aliphatic carbocycles. The molecule has 27 heteroatoms. The van der Waals surface area contributed by atoms with Crippen molar-refractivity contribution >= 4 is 68.6 Å². The fourth-order valence-corrected chi connectivity index (χ4v) is 18.3. The first kappa shape index (κ1) is 68.3. The summed E-state index contributed by atoms with van der Waals surface area (Å²) in [4.78, 5) is 76.3. The van der Waals surface area contributed by atoms with Gasteiger partial charge in [-0.25, -0.2) is 35.9 Å². The normalized spacial score (nSPS) is 42.0. The molecule has 2 aliphatic heterocycles. The first-order valence-electron chi connectivity index (χ1n) is 26.9. The van der Waals surface area contributed by atoms with E-state index in [1.807, 2.05) is 35.0 Å². The number of esters is 1. The Labute approximate surface area is 539 Å². The number of alkyl halides is 8. The van der Waals surface area contributed by atoms with Crippen LogP contribution in [0.25, 0.3) is 0 Å². The Morgan fingerprint density at radius 1 is 0.795 bits per heavy atom. The molecule has 83 heavy (non-hydrogen) atoms. The Balaban J connectivity index is 0.000000261. The summed E-state index contributed by atoms with van der Waals surface area (Å²) in [6, 6.07) is 7.73. The molecule has 0 spiro atoms. The van der Waals surface area contributed by atoms with Crippen LogP contribution in [0.2, 0.25) is 0 Å². The molecule has 18 atom stereocenters. The number of aliphatic hydroxyl groups is 2. The number of ketones is 2. The van der Waals surface area contributed by atoms with E-state index in [9.17, 15) is 47.7 Å². The van der Waals surface area contributed by atoms with E-state index in [0.717, 1.165) is 21.9 Å². The van der Waals surface area contributed by atoms with Crippen LogP contribution in [0.1, 0.15) is 78.8 Å². The van der Waals surface area contributed by atoms with Crippen LogP contribution in [0.3, 0.4) is 0 Å². The Morgan fingerprint density at radius 3 is 1.54 bits per heavy atom. The number of thiophene rings is 2. The molecular weight excluding hydrogens is 1230 g/mol. The molecular formula is C56H66BrF7N2Na2O13S2. The molecule has 12 rings (SSSR count). The molecule has 2 aromatic heterocycles. The molecule has 2 saturated heterocycles. The van der Waals surface area contributed by atoms with Crippen LogP contribution in [0.4, 0.5) is 30.7 Å². The number of carboxylic acids is 1. The molecule has 448 valence electrons. The Bertz CT molecular complexity index is 2860. The number of allylic oxidation sites excluding steroid dienone is 8. The summed E-state index contributed by atoms with van der Waals surface area (Å²) >= 11 is 5.57. The van der Waals surface area contributed by atoms with Gasteiger partial charge in [0, 0.05) is 68.2 Å². The maximum absolute atomic E-state index is 17.4. The van der Waals surface area contributed by atoms with Crippen LogP contribution in [-0.4, -0.2) is 135 Å². The predicted molar refractivity (Wildman–Crippen MR) is 282 cm³/mol. The molecule has 3 N–H and O–H groups in total. The second-order valence-electron chi connectivity index (χ2n) is 23.2. The number of hydrogen-bond donors (Lipinski definition) is 3. The maximum atomic E-state index is 17.4. The van der Waals surface area contributed by atoms with Crippen molar-refractivity contribution in [2.45, 2.75) is 126 Å². The molecule has 4 heterocycles. The fourth-order valence-electron chi connectivity index (χ4n) is 16.8. The largest absolute Gasteiger partial charge is 1.00 e. The number of carbonyl (C=O) groups is 5. The number of hydroxylamine groups is 4. The van der Waals surface area contributed by atoms with Gasteiger partial charge < -0.3 is 31.6 Å². The standard InChI is InChI=1S/C27H30F3NO5S.C26H29F2NO5S.CH2BrF.CH3F.CH2O3.2Na.H/c1-24-6-5-16(32)9-20(24)21(29)10-19-18-8-15-12-31(13-17-4-3-7-37-17)36-27(15,23(34)35-14-28)25(18,2)11-22(33)26(19,24)30;1-23-6-5-15(30)9-19(23)20(27)10-18-17-8-14-12-29(13-16-4-3-7-35-16)34-26(14,22(32)33)24(17,2)11-21(31)25(18,23)28;2-1-3;1-2;2-1-4-3;;;/h3-7,9,15,18-19,21-22,33H,8,10-14H2,1-2H3;3-7,9,14,17-18,20-21,31H,8,10-13H2,1-2H3,(H,32,33);1H2;1H3;1,3H;;;/q;;;;;2*+1;-1/p-1/t15-,18-,19-,21-,22-,24-,25-,26-,27-;14-,17-,18-,20-,21-,23-,24-,25-,26-;;;;;;/m00....../s1/i;;;1D;;;;. The summed E-state index contributed by atoms with van der Waals surface area (Å²) < 4.78 is 110. The van der Waals surface area contributed by atoms with Crippen LogP contribution in [0, 0.1) is 57.2 Å². The molecule has 0 bridgehead atoms. The van der Waals surface area contributed by atoms with E-state index in [-0.39, 0.29) is 104 Å². The molecule has 0 amide bonds. The summed E-state index contributed by atoms with van der Waals surface area (Å²) in [6.45, 7) is 6.66. The van der Waals surface area contributed by atoms with Crippen molar-refractivity contribution in [2.24, 2.45) is 57.2 Å². The van der Waals surface area contributed by atoms with E-state index in [2.05, 4.69) is 20.8 Å². The van der Waals surface area contributed by atoms with Gasteiger partial charge in [-0.2, -0.15) is 10.1 Å². The summed E-state index contributed by atoms with van der Waals surface area (Å²) in [7, 11) is -1.00. The van der Waals surface area contributed by atoms with Crippen LogP contribution in [0.5, 0.6) is 0 Å². The van der Waals surface area contributed by atoms with Gasteiger partial charge in [-0.3, -0.25) is 28.4 Å². The average molecular weight is 1300 g/mol. The number of aliphatic hydroxyl groups excluding tert-OH is 2. The molecule has 2 aromatic rings.